The van der Waals surface area contributed by atoms with Crippen LogP contribution in [-0.2, 0) is 0 Å². The molecule has 0 heterocycles. The van der Waals surface area contributed by atoms with Crippen LogP contribution >= 0.6 is 11.6 Å². The summed E-state index contributed by atoms with van der Waals surface area (Å²) in [4.78, 5) is 0. The van der Waals surface area contributed by atoms with Crippen molar-refractivity contribution >= 4 is 17.3 Å². The number of methoxy groups -OCH3 is 1. The lowest BCUT2D eigenvalue weighted by Crippen LogP contribution is -2.22. The first-order valence-electron chi connectivity index (χ1n) is 6.87. The van der Waals surface area contributed by atoms with Gasteiger partial charge in [-0.25, -0.2) is 0 Å². The van der Waals surface area contributed by atoms with Crippen molar-refractivity contribution in [2.75, 3.05) is 19.0 Å². The number of nitrogens with zero attached hydrogens (tertiary/aromatic N) is 1. The van der Waals surface area contributed by atoms with E-state index in [0.717, 1.165) is 5.69 Å². The van der Waals surface area contributed by atoms with Crippen molar-refractivity contribution in [1.29, 1.82) is 5.26 Å². The van der Waals surface area contributed by atoms with Crippen LogP contribution in [0.25, 0.3) is 0 Å². The minimum absolute atomic E-state index is 0.0641. The highest BCUT2D eigenvalue weighted by Crippen LogP contribution is 2.27. The first kappa shape index (κ1) is 16.0. The summed E-state index contributed by atoms with van der Waals surface area (Å²) in [5.41, 5.74) is 1.31. The van der Waals surface area contributed by atoms with Gasteiger partial charge in [0.2, 0.25) is 0 Å². The maximum absolute atomic E-state index is 8.85. The molecule has 0 aromatic heterocycles. The maximum Gasteiger partial charge on any atom is 0.161 e. The molecule has 2 aromatic carbocycles. The van der Waals surface area contributed by atoms with Gasteiger partial charge in [-0.2, -0.15) is 5.26 Å². The third-order valence-corrected chi connectivity index (χ3v) is 3.39. The Hall–Kier alpha value is -2.38. The topological polar surface area (TPSA) is 54.3 Å². The van der Waals surface area contributed by atoms with Crippen LogP contribution < -0.4 is 14.8 Å². The van der Waals surface area contributed by atoms with Crippen LogP contribution in [-0.4, -0.2) is 19.8 Å². The van der Waals surface area contributed by atoms with Crippen molar-refractivity contribution in [3.05, 3.63) is 53.1 Å². The molecular weight excluding hydrogens is 300 g/mol. The minimum atomic E-state index is -0.0641. The first-order chi connectivity index (χ1) is 10.6. The van der Waals surface area contributed by atoms with E-state index in [1.807, 2.05) is 43.3 Å². The van der Waals surface area contributed by atoms with Crippen LogP contribution in [0.4, 0.5) is 5.69 Å². The lowest BCUT2D eigenvalue weighted by molar-refractivity contribution is 0.223. The molecule has 0 fully saturated rings. The molecule has 0 bridgehead atoms. The van der Waals surface area contributed by atoms with Crippen molar-refractivity contribution in [1.82, 2.24) is 0 Å². The van der Waals surface area contributed by atoms with Crippen LogP contribution in [0.1, 0.15) is 12.5 Å². The highest BCUT2D eigenvalue weighted by atomic mass is 35.5. The van der Waals surface area contributed by atoms with Crippen LogP contribution in [0.2, 0.25) is 5.02 Å². The number of rotatable bonds is 6. The van der Waals surface area contributed by atoms with E-state index >= 15 is 0 Å². The molecule has 0 saturated carbocycles. The Labute approximate surface area is 135 Å². The average molecular weight is 317 g/mol. The van der Waals surface area contributed by atoms with E-state index in [9.17, 15) is 0 Å². The SMILES string of the molecule is COc1ccccc1OC(C)CNc1ccc(C#N)c(Cl)c1. The van der Waals surface area contributed by atoms with Crippen LogP contribution in [0, 0.1) is 11.3 Å². The zero-order valence-electron chi connectivity index (χ0n) is 12.5. The molecular formula is C17H17ClN2O2. The molecule has 0 aliphatic rings. The van der Waals surface area contributed by atoms with Gasteiger partial charge >= 0.3 is 0 Å². The molecule has 0 saturated heterocycles. The lowest BCUT2D eigenvalue weighted by atomic mass is 10.2. The molecule has 1 atom stereocenters. The van der Waals surface area contributed by atoms with Crippen LogP contribution in [0.3, 0.4) is 0 Å². The summed E-state index contributed by atoms with van der Waals surface area (Å²) in [7, 11) is 1.61. The van der Waals surface area contributed by atoms with Gasteiger partial charge in [-0.15, -0.1) is 0 Å². The number of nitrogens with one attached hydrogen (secondary N) is 1. The first-order valence-corrected chi connectivity index (χ1v) is 7.25. The molecule has 2 aromatic rings. The molecule has 4 nitrogen and oxygen atoms in total. The van der Waals surface area contributed by atoms with Crippen molar-refractivity contribution in [2.24, 2.45) is 0 Å². The van der Waals surface area contributed by atoms with E-state index in [4.69, 9.17) is 26.3 Å². The average Bonchev–Trinajstić information content (AvgIpc) is 2.53. The maximum atomic E-state index is 8.85. The van der Waals surface area contributed by atoms with Gasteiger partial charge in [0.1, 0.15) is 12.2 Å². The molecule has 0 aliphatic carbocycles. The molecule has 2 rings (SSSR count). The van der Waals surface area contributed by atoms with Gasteiger partial charge in [-0.3, -0.25) is 0 Å². The summed E-state index contributed by atoms with van der Waals surface area (Å²) in [5.74, 6) is 1.41. The Morgan fingerprint density at radius 2 is 1.95 bits per heavy atom. The molecule has 1 N–H and O–H groups in total. The van der Waals surface area contributed by atoms with Gasteiger partial charge in [0.05, 0.1) is 24.2 Å². The Balaban J connectivity index is 1.94. The third kappa shape index (κ3) is 4.06. The van der Waals surface area contributed by atoms with Gasteiger partial charge in [-0.05, 0) is 37.3 Å². The number of para-hydroxylation sites is 2. The Kier molecular flexibility index (Phi) is 5.51. The molecule has 1 unspecified atom stereocenters. The second-order valence-electron chi connectivity index (χ2n) is 4.77. The number of ether oxygens (including phenoxy) is 2. The largest absolute Gasteiger partial charge is 0.493 e. The number of hydrogen-bond donors (Lipinski definition) is 1. The van der Waals surface area contributed by atoms with Crippen molar-refractivity contribution in [2.45, 2.75) is 13.0 Å². The number of hydrogen-bond acceptors (Lipinski definition) is 4. The number of halogens is 1. The predicted molar refractivity (Wildman–Crippen MR) is 87.7 cm³/mol. The Morgan fingerprint density at radius 3 is 2.59 bits per heavy atom. The molecule has 5 heteroatoms. The number of anilines is 1. The fourth-order valence-corrected chi connectivity index (χ4v) is 2.17. The fraction of sp³-hybridized carbons (Fsp3) is 0.235. The van der Waals surface area contributed by atoms with Crippen molar-refractivity contribution in [3.8, 4) is 17.6 Å². The quantitative estimate of drug-likeness (QED) is 0.871. The van der Waals surface area contributed by atoms with Gasteiger partial charge in [-0.1, -0.05) is 23.7 Å². The van der Waals surface area contributed by atoms with E-state index in [0.29, 0.717) is 28.6 Å². The van der Waals surface area contributed by atoms with Gasteiger partial charge in [0, 0.05) is 5.69 Å². The van der Waals surface area contributed by atoms with Gasteiger partial charge < -0.3 is 14.8 Å². The van der Waals surface area contributed by atoms with Crippen molar-refractivity contribution in [3.63, 3.8) is 0 Å². The van der Waals surface area contributed by atoms with Crippen LogP contribution in [0.15, 0.2) is 42.5 Å². The zero-order chi connectivity index (χ0) is 15.9. The highest BCUT2D eigenvalue weighted by Gasteiger charge is 2.09. The molecule has 114 valence electrons. The summed E-state index contributed by atoms with van der Waals surface area (Å²) >= 11 is 6.00. The Morgan fingerprint density at radius 1 is 1.23 bits per heavy atom. The monoisotopic (exact) mass is 316 g/mol. The summed E-state index contributed by atoms with van der Waals surface area (Å²) in [6.07, 6.45) is -0.0641. The molecule has 22 heavy (non-hydrogen) atoms. The standard InChI is InChI=1S/C17H17ClN2O2/c1-12(22-17-6-4-3-5-16(17)21-2)11-20-14-8-7-13(10-19)15(18)9-14/h3-9,12,20H,11H2,1-2H3. The molecule has 0 amide bonds. The molecule has 0 radical (unpaired) electrons. The van der Waals surface area contributed by atoms with E-state index in [-0.39, 0.29) is 6.10 Å². The minimum Gasteiger partial charge on any atom is -0.493 e. The molecule has 0 spiro atoms. The predicted octanol–water partition coefficient (Wildman–Crippen LogP) is 4.10. The van der Waals surface area contributed by atoms with Gasteiger partial charge in [0.25, 0.3) is 0 Å². The zero-order valence-corrected chi connectivity index (χ0v) is 13.2. The Bertz CT molecular complexity index is 683. The van der Waals surface area contributed by atoms with E-state index in [2.05, 4.69) is 5.32 Å². The van der Waals surface area contributed by atoms with Crippen LogP contribution in [0.5, 0.6) is 11.5 Å². The summed E-state index contributed by atoms with van der Waals surface area (Å²) in [6, 6.07) is 14.8. The van der Waals surface area contributed by atoms with E-state index < -0.39 is 0 Å². The lowest BCUT2D eigenvalue weighted by Gasteiger charge is -2.18. The van der Waals surface area contributed by atoms with E-state index in [1.165, 1.54) is 0 Å². The smallest absolute Gasteiger partial charge is 0.161 e. The normalized spacial score (nSPS) is 11.4. The summed E-state index contributed by atoms with van der Waals surface area (Å²) < 4.78 is 11.1. The number of benzene rings is 2. The van der Waals surface area contributed by atoms with Crippen molar-refractivity contribution < 1.29 is 9.47 Å². The summed E-state index contributed by atoms with van der Waals surface area (Å²) in [6.45, 7) is 2.56. The van der Waals surface area contributed by atoms with Gasteiger partial charge in [0.15, 0.2) is 11.5 Å². The second kappa shape index (κ2) is 7.58. The summed E-state index contributed by atoms with van der Waals surface area (Å²) in [5, 5.41) is 12.5. The fourth-order valence-electron chi connectivity index (χ4n) is 1.95. The number of nitriles is 1. The third-order valence-electron chi connectivity index (χ3n) is 3.08. The second-order valence-corrected chi connectivity index (χ2v) is 5.17. The molecule has 0 aliphatic heterocycles. The highest BCUT2D eigenvalue weighted by molar-refractivity contribution is 6.32. The van der Waals surface area contributed by atoms with E-state index in [1.54, 1.807) is 19.2 Å².